The molecule has 22 heavy (non-hydrogen) atoms. The van der Waals surface area contributed by atoms with Gasteiger partial charge in [-0.3, -0.25) is 9.69 Å². The number of nitrogens with one attached hydrogen (secondary N) is 1. The normalized spacial score (nSPS) is 10.8. The van der Waals surface area contributed by atoms with E-state index in [1.165, 1.54) is 0 Å². The van der Waals surface area contributed by atoms with Gasteiger partial charge < -0.3 is 5.32 Å². The highest BCUT2D eigenvalue weighted by Crippen LogP contribution is 2.25. The summed E-state index contributed by atoms with van der Waals surface area (Å²) in [6.07, 6.45) is 0. The molecule has 2 rings (SSSR count). The van der Waals surface area contributed by atoms with Crippen LogP contribution in [0, 0.1) is 0 Å². The molecule has 6 heteroatoms. The van der Waals surface area contributed by atoms with Crippen molar-refractivity contribution in [2.24, 2.45) is 0 Å². The molecule has 0 aliphatic carbocycles. The Morgan fingerprint density at radius 3 is 2.68 bits per heavy atom. The Morgan fingerprint density at radius 2 is 2.00 bits per heavy atom. The van der Waals surface area contributed by atoms with Gasteiger partial charge in [0.25, 0.3) is 0 Å². The van der Waals surface area contributed by atoms with Gasteiger partial charge in [-0.15, -0.1) is 0 Å². The van der Waals surface area contributed by atoms with Gasteiger partial charge in [-0.05, 0) is 42.9 Å². The number of anilines is 1. The Hall–Kier alpha value is -1.07. The van der Waals surface area contributed by atoms with E-state index in [4.69, 9.17) is 23.2 Å². The number of hydrogen-bond acceptors (Lipinski definition) is 2. The largest absolute Gasteiger partial charge is 0.324 e. The van der Waals surface area contributed by atoms with Crippen molar-refractivity contribution >= 4 is 50.7 Å². The lowest BCUT2D eigenvalue weighted by molar-refractivity contribution is -0.117. The molecular weight excluding hydrogens is 387 g/mol. The van der Waals surface area contributed by atoms with Crippen LogP contribution < -0.4 is 5.32 Å². The number of amides is 1. The SMILES string of the molecule is CN(CC(=O)Nc1ccc(Br)cc1Cl)Cc1cccc(Cl)c1. The summed E-state index contributed by atoms with van der Waals surface area (Å²) in [5.74, 6) is -0.117. The van der Waals surface area contributed by atoms with Gasteiger partial charge in [-0.25, -0.2) is 0 Å². The second-order valence-electron chi connectivity index (χ2n) is 4.97. The van der Waals surface area contributed by atoms with Crippen LogP contribution in [0.2, 0.25) is 10.0 Å². The molecule has 0 spiro atoms. The average Bonchev–Trinajstić information content (AvgIpc) is 2.41. The van der Waals surface area contributed by atoms with Crippen LogP contribution >= 0.6 is 39.1 Å². The minimum atomic E-state index is -0.117. The molecule has 0 heterocycles. The Labute approximate surface area is 148 Å². The molecule has 0 aromatic heterocycles. The predicted octanol–water partition coefficient (Wildman–Crippen LogP) is 4.83. The average molecular weight is 402 g/mol. The van der Waals surface area contributed by atoms with Gasteiger partial charge >= 0.3 is 0 Å². The maximum Gasteiger partial charge on any atom is 0.238 e. The summed E-state index contributed by atoms with van der Waals surface area (Å²) in [7, 11) is 1.88. The number of rotatable bonds is 5. The van der Waals surface area contributed by atoms with Gasteiger partial charge in [0, 0.05) is 16.0 Å². The van der Waals surface area contributed by atoms with E-state index >= 15 is 0 Å². The van der Waals surface area contributed by atoms with Crippen LogP contribution in [0.1, 0.15) is 5.56 Å². The van der Waals surface area contributed by atoms with E-state index < -0.39 is 0 Å². The van der Waals surface area contributed by atoms with E-state index in [1.807, 2.05) is 42.3 Å². The van der Waals surface area contributed by atoms with Crippen LogP contribution in [0.4, 0.5) is 5.69 Å². The third-order valence-corrected chi connectivity index (χ3v) is 4.00. The molecule has 0 saturated heterocycles. The van der Waals surface area contributed by atoms with Crippen molar-refractivity contribution in [2.75, 3.05) is 18.9 Å². The molecule has 3 nitrogen and oxygen atoms in total. The molecule has 0 fully saturated rings. The summed E-state index contributed by atoms with van der Waals surface area (Å²) in [4.78, 5) is 14.0. The molecule has 0 bridgehead atoms. The second kappa shape index (κ2) is 7.97. The quantitative estimate of drug-likeness (QED) is 0.778. The first-order chi connectivity index (χ1) is 10.4. The minimum Gasteiger partial charge on any atom is -0.324 e. The van der Waals surface area contributed by atoms with E-state index in [0.717, 1.165) is 10.0 Å². The van der Waals surface area contributed by atoms with Gasteiger partial charge in [-0.2, -0.15) is 0 Å². The van der Waals surface area contributed by atoms with Crippen molar-refractivity contribution in [1.82, 2.24) is 4.90 Å². The Morgan fingerprint density at radius 1 is 1.23 bits per heavy atom. The fraction of sp³-hybridized carbons (Fsp3) is 0.188. The monoisotopic (exact) mass is 400 g/mol. The van der Waals surface area contributed by atoms with E-state index in [9.17, 15) is 4.79 Å². The maximum atomic E-state index is 12.1. The predicted molar refractivity (Wildman–Crippen MR) is 95.6 cm³/mol. The van der Waals surface area contributed by atoms with E-state index in [1.54, 1.807) is 12.1 Å². The number of hydrogen-bond donors (Lipinski definition) is 1. The smallest absolute Gasteiger partial charge is 0.238 e. The fourth-order valence-corrected chi connectivity index (χ4v) is 2.96. The number of halogens is 3. The second-order valence-corrected chi connectivity index (χ2v) is 6.73. The lowest BCUT2D eigenvalue weighted by Gasteiger charge is -2.17. The summed E-state index contributed by atoms with van der Waals surface area (Å²) in [6, 6.07) is 12.9. The van der Waals surface area contributed by atoms with Crippen molar-refractivity contribution in [1.29, 1.82) is 0 Å². The minimum absolute atomic E-state index is 0.117. The van der Waals surface area contributed by atoms with Crippen LogP contribution in [-0.4, -0.2) is 24.4 Å². The van der Waals surface area contributed by atoms with Crippen molar-refractivity contribution in [3.63, 3.8) is 0 Å². The lowest BCUT2D eigenvalue weighted by Crippen LogP contribution is -2.29. The van der Waals surface area contributed by atoms with Crippen molar-refractivity contribution < 1.29 is 4.79 Å². The molecule has 1 amide bonds. The van der Waals surface area contributed by atoms with Crippen LogP contribution in [-0.2, 0) is 11.3 Å². The third kappa shape index (κ3) is 5.29. The molecule has 0 saturated carbocycles. The molecule has 2 aromatic rings. The highest BCUT2D eigenvalue weighted by molar-refractivity contribution is 9.10. The van der Waals surface area contributed by atoms with Crippen LogP contribution in [0.3, 0.4) is 0 Å². The van der Waals surface area contributed by atoms with Gasteiger partial charge in [0.1, 0.15) is 0 Å². The van der Waals surface area contributed by atoms with Crippen LogP contribution in [0.25, 0.3) is 0 Å². The summed E-state index contributed by atoms with van der Waals surface area (Å²) in [5.41, 5.74) is 1.66. The van der Waals surface area contributed by atoms with Crippen molar-refractivity contribution in [3.05, 3.63) is 62.5 Å². The van der Waals surface area contributed by atoms with Crippen molar-refractivity contribution in [3.8, 4) is 0 Å². The fourth-order valence-electron chi connectivity index (χ4n) is 2.03. The Kier molecular flexibility index (Phi) is 6.26. The number of carbonyl (C=O) groups is 1. The molecule has 1 N–H and O–H groups in total. The summed E-state index contributed by atoms with van der Waals surface area (Å²) >= 11 is 15.4. The summed E-state index contributed by atoms with van der Waals surface area (Å²) in [5, 5.41) is 4.00. The summed E-state index contributed by atoms with van der Waals surface area (Å²) < 4.78 is 0.869. The molecule has 0 radical (unpaired) electrons. The molecule has 116 valence electrons. The van der Waals surface area contributed by atoms with Gasteiger partial charge in [0.15, 0.2) is 0 Å². The molecule has 0 unspecified atom stereocenters. The maximum absolute atomic E-state index is 12.1. The van der Waals surface area contributed by atoms with E-state index in [-0.39, 0.29) is 12.5 Å². The molecule has 0 atom stereocenters. The third-order valence-electron chi connectivity index (χ3n) is 2.96. The molecule has 0 aliphatic rings. The van der Waals surface area contributed by atoms with Crippen LogP contribution in [0.15, 0.2) is 46.9 Å². The zero-order chi connectivity index (χ0) is 16.1. The topological polar surface area (TPSA) is 32.3 Å². The first-order valence-corrected chi connectivity index (χ1v) is 8.17. The van der Waals surface area contributed by atoms with Crippen LogP contribution in [0.5, 0.6) is 0 Å². The number of nitrogens with zero attached hydrogens (tertiary/aromatic N) is 1. The molecular formula is C16H15BrCl2N2O. The number of benzene rings is 2. The number of carbonyl (C=O) groups excluding carboxylic acids is 1. The van der Waals surface area contributed by atoms with E-state index in [2.05, 4.69) is 21.2 Å². The Balaban J connectivity index is 1.91. The lowest BCUT2D eigenvalue weighted by atomic mass is 10.2. The molecule has 0 aliphatic heterocycles. The number of likely N-dealkylation sites (N-methyl/N-ethyl adjacent to an activating group) is 1. The highest BCUT2D eigenvalue weighted by atomic mass is 79.9. The standard InChI is InChI=1S/C16H15BrCl2N2O/c1-21(9-11-3-2-4-13(18)7-11)10-16(22)20-15-6-5-12(17)8-14(15)19/h2-8H,9-10H2,1H3,(H,20,22). The first kappa shape index (κ1) is 17.3. The van der Waals surface area contributed by atoms with Crippen molar-refractivity contribution in [2.45, 2.75) is 6.54 Å². The van der Waals surface area contributed by atoms with E-state index in [0.29, 0.717) is 22.3 Å². The highest BCUT2D eigenvalue weighted by Gasteiger charge is 2.10. The van der Waals surface area contributed by atoms with Gasteiger partial charge in [0.2, 0.25) is 5.91 Å². The Bertz CT molecular complexity index is 679. The van der Waals surface area contributed by atoms with Gasteiger partial charge in [-0.1, -0.05) is 51.3 Å². The van der Waals surface area contributed by atoms with Gasteiger partial charge in [0.05, 0.1) is 17.3 Å². The first-order valence-electron chi connectivity index (χ1n) is 6.62. The summed E-state index contributed by atoms with van der Waals surface area (Å²) in [6.45, 7) is 0.904. The zero-order valence-electron chi connectivity index (χ0n) is 11.9. The zero-order valence-corrected chi connectivity index (χ0v) is 15.0. The molecule has 2 aromatic carbocycles.